The molecule has 0 unspecified atom stereocenters. The number of nitrogens with zero attached hydrogens (tertiary/aromatic N) is 3. The minimum atomic E-state index is -0.301. The Morgan fingerprint density at radius 1 is 0.955 bits per heavy atom. The number of aromatic nitrogens is 2. The van der Waals surface area contributed by atoms with E-state index in [9.17, 15) is 9.59 Å². The summed E-state index contributed by atoms with van der Waals surface area (Å²) >= 11 is 3.40. The topological polar surface area (TPSA) is 55.2 Å². The first-order valence-corrected chi connectivity index (χ1v) is 7.48. The summed E-state index contributed by atoms with van der Waals surface area (Å²) in [7, 11) is 1.79. The number of aryl methyl sites for hydroxylation is 1. The van der Waals surface area contributed by atoms with Crippen molar-refractivity contribution in [2.75, 3.05) is 4.90 Å². The van der Waals surface area contributed by atoms with Crippen LogP contribution >= 0.6 is 15.9 Å². The fourth-order valence-electron chi connectivity index (χ4n) is 2.86. The van der Waals surface area contributed by atoms with Gasteiger partial charge >= 0.3 is 0 Å². The summed E-state index contributed by atoms with van der Waals surface area (Å²) in [5, 5.41) is 5.16. The molecular weight excluding hydrogens is 346 g/mol. The number of benzene rings is 2. The van der Waals surface area contributed by atoms with Crippen LogP contribution in [0.1, 0.15) is 20.7 Å². The highest BCUT2D eigenvalue weighted by Gasteiger charge is 2.37. The van der Waals surface area contributed by atoms with Crippen LogP contribution < -0.4 is 4.90 Å². The Kier molecular flexibility index (Phi) is 2.71. The fourth-order valence-corrected chi connectivity index (χ4v) is 3.42. The van der Waals surface area contributed by atoms with Gasteiger partial charge in [-0.05, 0) is 40.2 Å². The van der Waals surface area contributed by atoms with Crippen molar-refractivity contribution < 1.29 is 9.59 Å². The SMILES string of the molecule is Cn1nc(Br)c2cccc(N3C(=O)c4ccccc4C3=O)c21. The fraction of sp³-hybridized carbons (Fsp3) is 0.0625. The third kappa shape index (κ3) is 1.61. The Labute approximate surface area is 134 Å². The van der Waals surface area contributed by atoms with Crippen molar-refractivity contribution in [1.82, 2.24) is 9.78 Å². The van der Waals surface area contributed by atoms with E-state index in [4.69, 9.17) is 0 Å². The van der Waals surface area contributed by atoms with E-state index in [0.717, 1.165) is 10.9 Å². The molecule has 0 atom stereocenters. The number of anilines is 1. The minimum absolute atomic E-state index is 0.301. The maximum absolute atomic E-state index is 12.6. The van der Waals surface area contributed by atoms with Gasteiger partial charge in [0.1, 0.15) is 4.60 Å². The second kappa shape index (κ2) is 4.51. The molecule has 0 aliphatic carbocycles. The van der Waals surface area contributed by atoms with E-state index in [1.54, 1.807) is 42.1 Å². The van der Waals surface area contributed by atoms with Crippen molar-refractivity contribution in [2.24, 2.45) is 7.05 Å². The molecule has 22 heavy (non-hydrogen) atoms. The summed E-state index contributed by atoms with van der Waals surface area (Å²) in [6, 6.07) is 12.3. The Morgan fingerprint density at radius 2 is 1.59 bits per heavy atom. The molecular formula is C16H10BrN3O2. The van der Waals surface area contributed by atoms with E-state index in [2.05, 4.69) is 21.0 Å². The molecule has 5 nitrogen and oxygen atoms in total. The lowest BCUT2D eigenvalue weighted by Gasteiger charge is -2.15. The molecule has 0 saturated heterocycles. The number of para-hydroxylation sites is 1. The number of hydrogen-bond donors (Lipinski definition) is 0. The smallest absolute Gasteiger partial charge is 0.266 e. The Balaban J connectivity index is 1.98. The van der Waals surface area contributed by atoms with E-state index in [1.807, 2.05) is 12.1 Å². The first-order chi connectivity index (χ1) is 10.6. The highest BCUT2D eigenvalue weighted by atomic mass is 79.9. The molecule has 108 valence electrons. The maximum atomic E-state index is 12.6. The van der Waals surface area contributed by atoms with Gasteiger partial charge in [0.2, 0.25) is 0 Å². The van der Waals surface area contributed by atoms with Crippen LogP contribution in [-0.2, 0) is 7.05 Å². The van der Waals surface area contributed by atoms with Gasteiger partial charge in [-0.15, -0.1) is 0 Å². The van der Waals surface area contributed by atoms with Crippen molar-refractivity contribution in [3.63, 3.8) is 0 Å². The van der Waals surface area contributed by atoms with Gasteiger partial charge in [0.15, 0.2) is 0 Å². The number of fused-ring (bicyclic) bond motifs is 2. The van der Waals surface area contributed by atoms with Crippen LogP contribution in [-0.4, -0.2) is 21.6 Å². The average molecular weight is 356 g/mol. The van der Waals surface area contributed by atoms with E-state index >= 15 is 0 Å². The molecule has 6 heteroatoms. The molecule has 0 bridgehead atoms. The van der Waals surface area contributed by atoms with Gasteiger partial charge in [-0.3, -0.25) is 14.3 Å². The Bertz CT molecular complexity index is 926. The zero-order valence-electron chi connectivity index (χ0n) is 11.6. The summed E-state index contributed by atoms with van der Waals surface area (Å²) in [4.78, 5) is 26.5. The maximum Gasteiger partial charge on any atom is 0.266 e. The standard InChI is InChI=1S/C16H10BrN3O2/c1-19-13-11(14(17)18-19)7-4-8-12(13)20-15(21)9-5-2-3-6-10(9)16(20)22/h2-8H,1H3. The molecule has 0 N–H and O–H groups in total. The van der Waals surface area contributed by atoms with Gasteiger partial charge in [0.05, 0.1) is 22.3 Å². The van der Waals surface area contributed by atoms with E-state index in [0.29, 0.717) is 21.4 Å². The number of halogens is 1. The third-order valence-electron chi connectivity index (χ3n) is 3.83. The summed E-state index contributed by atoms with van der Waals surface area (Å²) in [6.45, 7) is 0. The second-order valence-corrected chi connectivity index (χ2v) is 5.83. The first-order valence-electron chi connectivity index (χ1n) is 6.68. The van der Waals surface area contributed by atoms with Gasteiger partial charge in [-0.1, -0.05) is 18.2 Å². The molecule has 2 heterocycles. The van der Waals surface area contributed by atoms with Crippen molar-refractivity contribution in [3.8, 4) is 0 Å². The number of rotatable bonds is 1. The molecule has 2 aromatic carbocycles. The van der Waals surface area contributed by atoms with Gasteiger partial charge in [0.25, 0.3) is 11.8 Å². The van der Waals surface area contributed by atoms with Crippen LogP contribution in [0.5, 0.6) is 0 Å². The minimum Gasteiger partial charge on any atom is -0.268 e. The molecule has 1 aliphatic rings. The van der Waals surface area contributed by atoms with Gasteiger partial charge in [-0.25, -0.2) is 4.90 Å². The summed E-state index contributed by atoms with van der Waals surface area (Å²) in [5.74, 6) is -0.601. The summed E-state index contributed by atoms with van der Waals surface area (Å²) in [6.07, 6.45) is 0. The Morgan fingerprint density at radius 3 is 2.23 bits per heavy atom. The molecule has 4 rings (SSSR count). The van der Waals surface area contributed by atoms with Crippen LogP contribution in [0.15, 0.2) is 47.1 Å². The molecule has 1 aromatic heterocycles. The lowest BCUT2D eigenvalue weighted by molar-refractivity contribution is 0.0926. The van der Waals surface area contributed by atoms with Crippen molar-refractivity contribution in [2.45, 2.75) is 0 Å². The number of amides is 2. The first kappa shape index (κ1) is 13.2. The van der Waals surface area contributed by atoms with E-state index in [-0.39, 0.29) is 11.8 Å². The largest absolute Gasteiger partial charge is 0.268 e. The van der Waals surface area contributed by atoms with Crippen LogP contribution in [0, 0.1) is 0 Å². The zero-order chi connectivity index (χ0) is 15.4. The lowest BCUT2D eigenvalue weighted by atomic mass is 10.1. The quantitative estimate of drug-likeness (QED) is 0.630. The van der Waals surface area contributed by atoms with Gasteiger partial charge < -0.3 is 0 Å². The van der Waals surface area contributed by atoms with Crippen LogP contribution in [0.3, 0.4) is 0 Å². The van der Waals surface area contributed by atoms with E-state index < -0.39 is 0 Å². The summed E-state index contributed by atoms with van der Waals surface area (Å²) in [5.41, 5.74) is 2.16. The van der Waals surface area contributed by atoms with Crippen molar-refractivity contribution >= 4 is 44.3 Å². The van der Waals surface area contributed by atoms with Crippen LogP contribution in [0.4, 0.5) is 5.69 Å². The third-order valence-corrected chi connectivity index (χ3v) is 4.42. The molecule has 3 aromatic rings. The van der Waals surface area contributed by atoms with Gasteiger partial charge in [0, 0.05) is 12.4 Å². The molecule has 0 saturated carbocycles. The number of imide groups is 1. The van der Waals surface area contributed by atoms with Crippen LogP contribution in [0.25, 0.3) is 10.9 Å². The van der Waals surface area contributed by atoms with Gasteiger partial charge in [-0.2, -0.15) is 5.10 Å². The summed E-state index contributed by atoms with van der Waals surface area (Å²) < 4.78 is 2.35. The van der Waals surface area contributed by atoms with Crippen LogP contribution in [0.2, 0.25) is 0 Å². The highest BCUT2D eigenvalue weighted by molar-refractivity contribution is 9.10. The van der Waals surface area contributed by atoms with Crippen molar-refractivity contribution in [1.29, 1.82) is 0 Å². The Hall–Kier alpha value is -2.47. The molecule has 0 spiro atoms. The zero-order valence-corrected chi connectivity index (χ0v) is 13.2. The predicted octanol–water partition coefficient (Wildman–Crippen LogP) is 3.14. The predicted molar refractivity (Wildman–Crippen MR) is 86.0 cm³/mol. The number of carbonyl (C=O) groups excluding carboxylic acids is 2. The monoisotopic (exact) mass is 355 g/mol. The normalized spacial score (nSPS) is 14.0. The molecule has 1 aliphatic heterocycles. The molecule has 2 amide bonds. The lowest BCUT2D eigenvalue weighted by Crippen LogP contribution is -2.29. The highest BCUT2D eigenvalue weighted by Crippen LogP contribution is 2.35. The van der Waals surface area contributed by atoms with Crippen molar-refractivity contribution in [3.05, 3.63) is 58.2 Å². The second-order valence-electron chi connectivity index (χ2n) is 5.08. The number of carbonyl (C=O) groups is 2. The number of hydrogen-bond acceptors (Lipinski definition) is 3. The average Bonchev–Trinajstić information content (AvgIpc) is 2.95. The molecule has 0 fully saturated rings. The molecule has 0 radical (unpaired) electrons. The van der Waals surface area contributed by atoms with E-state index in [1.165, 1.54) is 4.90 Å².